The van der Waals surface area contributed by atoms with Gasteiger partial charge in [-0.1, -0.05) is 19.3 Å². The van der Waals surface area contributed by atoms with Crippen molar-refractivity contribution in [2.75, 3.05) is 25.0 Å². The Balaban J connectivity index is 1.47. The number of fused-ring (bicyclic) bond motifs is 1. The Morgan fingerprint density at radius 1 is 1.28 bits per heavy atom. The largest absolute Gasteiger partial charge is 0.467 e. The molecule has 29 heavy (non-hydrogen) atoms. The molecule has 0 radical (unpaired) electrons. The van der Waals surface area contributed by atoms with Crippen molar-refractivity contribution in [3.05, 3.63) is 41.0 Å². The summed E-state index contributed by atoms with van der Waals surface area (Å²) in [4.78, 5) is 15.2. The van der Waals surface area contributed by atoms with E-state index < -0.39 is 0 Å². The number of hydrogen-bond acceptors (Lipinski definition) is 4. The number of piperidine rings is 1. The third-order valence-corrected chi connectivity index (χ3v) is 6.84. The van der Waals surface area contributed by atoms with Crippen molar-refractivity contribution in [3.63, 3.8) is 0 Å². The fourth-order valence-electron chi connectivity index (χ4n) is 5.08. The minimum absolute atomic E-state index is 0.0473. The van der Waals surface area contributed by atoms with Crippen LogP contribution in [0.4, 0.5) is 5.82 Å². The number of carbonyl (C=O) groups excluding carboxylic acids is 1. The van der Waals surface area contributed by atoms with E-state index in [9.17, 15) is 10.1 Å². The van der Waals surface area contributed by atoms with Crippen LogP contribution in [0.2, 0.25) is 0 Å². The van der Waals surface area contributed by atoms with Crippen LogP contribution in [0.3, 0.4) is 0 Å². The maximum absolute atomic E-state index is 12.9. The molecule has 2 aliphatic rings. The quantitative estimate of drug-likeness (QED) is 0.830. The number of carbonyl (C=O) groups is 1. The Bertz CT molecular complexity index is 906. The van der Waals surface area contributed by atoms with E-state index >= 15 is 0 Å². The fourth-order valence-corrected chi connectivity index (χ4v) is 5.08. The fraction of sp³-hybridized carbons (Fsp3) is 0.565. The van der Waals surface area contributed by atoms with E-state index in [0.29, 0.717) is 24.5 Å². The molecular weight excluding hydrogens is 364 g/mol. The first-order chi connectivity index (χ1) is 14.1. The second-order valence-corrected chi connectivity index (χ2v) is 8.59. The predicted octanol–water partition coefficient (Wildman–Crippen LogP) is 4.07. The van der Waals surface area contributed by atoms with Crippen LogP contribution in [0.1, 0.15) is 54.7 Å². The standard InChI is InChI=1S/C23H30N4O2/c1-16-17(2)27(14-20-8-5-11-29-20)23(21(16)12-24)25-22(28)15-26-10-9-18-6-3-4-7-19(18)13-26/h5,8,11,18-19H,3-4,6-7,9-10,13-15H2,1-2H3,(H,25,28)/t18-,19+/m1/s1. The zero-order chi connectivity index (χ0) is 20.4. The van der Waals surface area contributed by atoms with Gasteiger partial charge in [0.25, 0.3) is 0 Å². The third kappa shape index (κ3) is 4.11. The smallest absolute Gasteiger partial charge is 0.239 e. The summed E-state index contributed by atoms with van der Waals surface area (Å²) in [6, 6.07) is 6.02. The van der Waals surface area contributed by atoms with Gasteiger partial charge in [0.1, 0.15) is 17.6 Å². The zero-order valence-corrected chi connectivity index (χ0v) is 17.4. The maximum Gasteiger partial charge on any atom is 0.239 e. The Morgan fingerprint density at radius 2 is 2.07 bits per heavy atom. The number of furan rings is 1. The van der Waals surface area contributed by atoms with Crippen LogP contribution < -0.4 is 5.32 Å². The molecular formula is C23H30N4O2. The molecule has 2 atom stereocenters. The molecule has 0 unspecified atom stereocenters. The van der Waals surface area contributed by atoms with Gasteiger partial charge in [0.2, 0.25) is 5.91 Å². The molecule has 2 aromatic rings. The number of nitrogens with one attached hydrogen (secondary N) is 1. The van der Waals surface area contributed by atoms with Crippen LogP contribution in [-0.4, -0.2) is 35.0 Å². The zero-order valence-electron chi connectivity index (χ0n) is 17.4. The summed E-state index contributed by atoms with van der Waals surface area (Å²) in [7, 11) is 0. The summed E-state index contributed by atoms with van der Waals surface area (Å²) in [6.45, 7) is 6.79. The van der Waals surface area contributed by atoms with E-state index in [0.717, 1.165) is 41.9 Å². The molecule has 1 N–H and O–H groups in total. The summed E-state index contributed by atoms with van der Waals surface area (Å²) in [6.07, 6.45) is 8.18. The van der Waals surface area contributed by atoms with Gasteiger partial charge < -0.3 is 14.3 Å². The lowest BCUT2D eigenvalue weighted by atomic mass is 9.75. The topological polar surface area (TPSA) is 74.2 Å². The molecule has 2 aromatic heterocycles. The van der Waals surface area contributed by atoms with Crippen molar-refractivity contribution < 1.29 is 9.21 Å². The number of anilines is 1. The monoisotopic (exact) mass is 394 g/mol. The summed E-state index contributed by atoms with van der Waals surface area (Å²) >= 11 is 0. The van der Waals surface area contributed by atoms with Gasteiger partial charge in [0.15, 0.2) is 0 Å². The van der Waals surface area contributed by atoms with Gasteiger partial charge in [-0.25, -0.2) is 0 Å². The van der Waals surface area contributed by atoms with Crippen LogP contribution in [0, 0.1) is 37.0 Å². The number of nitriles is 1. The molecule has 1 aliphatic heterocycles. The predicted molar refractivity (Wildman–Crippen MR) is 112 cm³/mol. The van der Waals surface area contributed by atoms with Gasteiger partial charge in [0, 0.05) is 12.2 Å². The minimum atomic E-state index is -0.0473. The van der Waals surface area contributed by atoms with Crippen molar-refractivity contribution >= 4 is 11.7 Å². The number of likely N-dealkylation sites (tertiary alicyclic amines) is 1. The van der Waals surface area contributed by atoms with E-state index in [-0.39, 0.29) is 5.91 Å². The first-order valence-corrected chi connectivity index (χ1v) is 10.7. The summed E-state index contributed by atoms with van der Waals surface area (Å²) < 4.78 is 7.45. The number of amides is 1. The molecule has 1 aliphatic carbocycles. The Morgan fingerprint density at radius 3 is 2.79 bits per heavy atom. The van der Waals surface area contributed by atoms with E-state index in [4.69, 9.17) is 4.42 Å². The van der Waals surface area contributed by atoms with Crippen LogP contribution in [-0.2, 0) is 11.3 Å². The van der Waals surface area contributed by atoms with E-state index in [1.165, 1.54) is 32.1 Å². The number of nitrogens with zero attached hydrogens (tertiary/aromatic N) is 3. The van der Waals surface area contributed by atoms with Gasteiger partial charge in [-0.15, -0.1) is 0 Å². The highest BCUT2D eigenvalue weighted by atomic mass is 16.3. The molecule has 1 amide bonds. The van der Waals surface area contributed by atoms with E-state index in [1.807, 2.05) is 30.5 Å². The van der Waals surface area contributed by atoms with Crippen LogP contribution in [0.25, 0.3) is 0 Å². The van der Waals surface area contributed by atoms with Crippen LogP contribution in [0.5, 0.6) is 0 Å². The Kier molecular flexibility index (Phi) is 5.77. The summed E-state index contributed by atoms with van der Waals surface area (Å²) in [5.41, 5.74) is 2.40. The van der Waals surface area contributed by atoms with Crippen LogP contribution in [0.15, 0.2) is 22.8 Å². The lowest BCUT2D eigenvalue weighted by molar-refractivity contribution is -0.118. The lowest BCUT2D eigenvalue weighted by Crippen LogP contribution is -2.45. The summed E-state index contributed by atoms with van der Waals surface area (Å²) in [5, 5.41) is 12.7. The highest BCUT2D eigenvalue weighted by Crippen LogP contribution is 2.36. The second-order valence-electron chi connectivity index (χ2n) is 8.59. The van der Waals surface area contributed by atoms with Crippen LogP contribution >= 0.6 is 0 Å². The first-order valence-electron chi connectivity index (χ1n) is 10.7. The molecule has 154 valence electrons. The molecule has 6 heteroatoms. The molecule has 2 fully saturated rings. The second kappa shape index (κ2) is 8.46. The molecule has 0 spiro atoms. The molecule has 3 heterocycles. The van der Waals surface area contributed by atoms with Gasteiger partial charge >= 0.3 is 0 Å². The normalized spacial score (nSPS) is 22.1. The average Bonchev–Trinajstić information content (AvgIpc) is 3.31. The first kappa shape index (κ1) is 19.8. The number of rotatable bonds is 5. The third-order valence-electron chi connectivity index (χ3n) is 6.84. The highest BCUT2D eigenvalue weighted by Gasteiger charge is 2.32. The molecule has 0 bridgehead atoms. The molecule has 1 saturated carbocycles. The van der Waals surface area contributed by atoms with Crippen molar-refractivity contribution in [2.45, 2.75) is 52.5 Å². The number of hydrogen-bond donors (Lipinski definition) is 1. The Labute approximate surface area is 172 Å². The van der Waals surface area contributed by atoms with Gasteiger partial charge in [-0.05, 0) is 62.8 Å². The molecule has 0 aromatic carbocycles. The van der Waals surface area contributed by atoms with Gasteiger partial charge in [-0.3, -0.25) is 9.69 Å². The molecule has 6 nitrogen and oxygen atoms in total. The summed E-state index contributed by atoms with van der Waals surface area (Å²) in [5.74, 6) is 2.92. The highest BCUT2D eigenvalue weighted by molar-refractivity contribution is 5.93. The molecule has 4 rings (SSSR count). The average molecular weight is 395 g/mol. The van der Waals surface area contributed by atoms with E-state index in [1.54, 1.807) is 6.26 Å². The Hall–Kier alpha value is -2.52. The van der Waals surface area contributed by atoms with E-state index in [2.05, 4.69) is 16.3 Å². The van der Waals surface area contributed by atoms with Crippen molar-refractivity contribution in [1.82, 2.24) is 9.47 Å². The van der Waals surface area contributed by atoms with Crippen molar-refractivity contribution in [1.29, 1.82) is 5.26 Å². The lowest BCUT2D eigenvalue weighted by Gasteiger charge is -2.41. The SMILES string of the molecule is Cc1c(C#N)c(NC(=O)CN2CC[C@H]3CCCC[C@H]3C2)n(Cc2ccco2)c1C. The van der Waals surface area contributed by atoms with Crippen molar-refractivity contribution in [3.8, 4) is 6.07 Å². The maximum atomic E-state index is 12.9. The minimum Gasteiger partial charge on any atom is -0.467 e. The van der Waals surface area contributed by atoms with Gasteiger partial charge in [0.05, 0.1) is 24.9 Å². The van der Waals surface area contributed by atoms with Gasteiger partial charge in [-0.2, -0.15) is 5.26 Å². The number of aromatic nitrogens is 1. The van der Waals surface area contributed by atoms with Crippen molar-refractivity contribution in [2.24, 2.45) is 11.8 Å². The molecule has 1 saturated heterocycles.